The van der Waals surface area contributed by atoms with Gasteiger partial charge in [-0.15, -0.1) is 0 Å². The number of nitrogens with zero attached hydrogens (tertiary/aromatic N) is 3. The highest BCUT2D eigenvalue weighted by molar-refractivity contribution is 6.27. The lowest BCUT2D eigenvalue weighted by molar-refractivity contribution is -0.141. The summed E-state index contributed by atoms with van der Waals surface area (Å²) in [6, 6.07) is 7.68. The normalized spacial score (nSPS) is 20.1. The lowest BCUT2D eigenvalue weighted by Crippen LogP contribution is -2.28. The highest BCUT2D eigenvalue weighted by atomic mass is 16.5. The summed E-state index contributed by atoms with van der Waals surface area (Å²) in [4.78, 5) is 25.9. The van der Waals surface area contributed by atoms with Gasteiger partial charge in [0.25, 0.3) is 5.91 Å². The first-order chi connectivity index (χ1) is 11.0. The molecule has 1 aromatic rings. The number of ether oxygens (including phenoxy) is 1. The molecule has 0 fully saturated rings. The minimum Gasteiger partial charge on any atom is -0.439 e. The van der Waals surface area contributed by atoms with Gasteiger partial charge in [-0.2, -0.15) is 10.1 Å². The van der Waals surface area contributed by atoms with Gasteiger partial charge in [0.05, 0.1) is 17.0 Å². The van der Waals surface area contributed by atoms with Crippen molar-refractivity contribution >= 4 is 23.2 Å². The molecule has 0 aliphatic carbocycles. The first-order valence-electron chi connectivity index (χ1n) is 7.38. The fourth-order valence-corrected chi connectivity index (χ4v) is 2.45. The van der Waals surface area contributed by atoms with Gasteiger partial charge in [0.2, 0.25) is 5.91 Å². The molecule has 0 saturated heterocycles. The van der Waals surface area contributed by atoms with Crippen molar-refractivity contribution < 1.29 is 14.3 Å². The van der Waals surface area contributed by atoms with E-state index in [0.717, 1.165) is 16.4 Å². The second-order valence-corrected chi connectivity index (χ2v) is 5.26. The van der Waals surface area contributed by atoms with Crippen molar-refractivity contribution in [2.45, 2.75) is 20.3 Å². The topological polar surface area (TPSA) is 62.2 Å². The van der Waals surface area contributed by atoms with E-state index >= 15 is 0 Å². The standard InChI is InChI=1S/C17H17N3O3/c1-4-15(21)20-17(22)12(11(2)18-20)9-10-16-19(3)13-7-5-6-8-14(13)23-16/h5-10H,4H2,1-3H3/b12-9+,16-10+. The van der Waals surface area contributed by atoms with Crippen molar-refractivity contribution in [1.29, 1.82) is 0 Å². The molecule has 0 aromatic heterocycles. The Morgan fingerprint density at radius 2 is 2.04 bits per heavy atom. The Bertz CT molecular complexity index is 777. The molecule has 2 heterocycles. The molecule has 0 saturated carbocycles. The zero-order valence-electron chi connectivity index (χ0n) is 13.2. The molecule has 2 aliphatic rings. The smallest absolute Gasteiger partial charge is 0.283 e. The highest BCUT2D eigenvalue weighted by Crippen LogP contribution is 2.37. The number of fused-ring (bicyclic) bond motifs is 1. The van der Waals surface area contributed by atoms with Crippen molar-refractivity contribution in [1.82, 2.24) is 5.01 Å². The van der Waals surface area contributed by atoms with Gasteiger partial charge in [-0.1, -0.05) is 19.1 Å². The summed E-state index contributed by atoms with van der Waals surface area (Å²) in [6.07, 6.45) is 3.59. The van der Waals surface area contributed by atoms with Gasteiger partial charge in [0.15, 0.2) is 11.6 Å². The van der Waals surface area contributed by atoms with E-state index in [2.05, 4.69) is 5.10 Å². The quantitative estimate of drug-likeness (QED) is 0.787. The summed E-state index contributed by atoms with van der Waals surface area (Å²) in [6.45, 7) is 3.40. The molecule has 6 nitrogen and oxygen atoms in total. The molecule has 0 bridgehead atoms. The van der Waals surface area contributed by atoms with E-state index in [1.165, 1.54) is 0 Å². The minimum atomic E-state index is -0.399. The van der Waals surface area contributed by atoms with Crippen molar-refractivity contribution in [3.05, 3.63) is 47.9 Å². The molecule has 0 unspecified atom stereocenters. The van der Waals surface area contributed by atoms with Crippen LogP contribution in [0, 0.1) is 0 Å². The molecule has 0 atom stereocenters. The van der Waals surface area contributed by atoms with E-state index < -0.39 is 5.91 Å². The van der Waals surface area contributed by atoms with Gasteiger partial charge >= 0.3 is 0 Å². The van der Waals surface area contributed by atoms with Gasteiger partial charge in [-0.25, -0.2) is 0 Å². The van der Waals surface area contributed by atoms with Gasteiger partial charge < -0.3 is 9.64 Å². The molecule has 3 rings (SSSR count). The van der Waals surface area contributed by atoms with E-state index in [1.54, 1.807) is 26.0 Å². The number of para-hydroxylation sites is 2. The predicted octanol–water partition coefficient (Wildman–Crippen LogP) is 2.44. The molecule has 6 heteroatoms. The van der Waals surface area contributed by atoms with Gasteiger partial charge in [0.1, 0.15) is 0 Å². The van der Waals surface area contributed by atoms with E-state index in [4.69, 9.17) is 4.74 Å². The van der Waals surface area contributed by atoms with Crippen molar-refractivity contribution in [2.75, 3.05) is 11.9 Å². The number of benzene rings is 1. The number of hydrazone groups is 1. The maximum atomic E-state index is 12.3. The summed E-state index contributed by atoms with van der Waals surface area (Å²) >= 11 is 0. The molecule has 0 N–H and O–H groups in total. The number of allylic oxidation sites excluding steroid dienone is 2. The van der Waals surface area contributed by atoms with E-state index in [-0.39, 0.29) is 12.3 Å². The Labute approximate surface area is 134 Å². The maximum Gasteiger partial charge on any atom is 0.283 e. The monoisotopic (exact) mass is 311 g/mol. The summed E-state index contributed by atoms with van der Waals surface area (Å²) in [7, 11) is 1.89. The second kappa shape index (κ2) is 5.72. The number of carbonyl (C=O) groups excluding carboxylic acids is 2. The first-order valence-corrected chi connectivity index (χ1v) is 7.38. The van der Waals surface area contributed by atoms with Crippen LogP contribution >= 0.6 is 0 Å². The number of imide groups is 1. The third kappa shape index (κ3) is 2.52. The zero-order chi connectivity index (χ0) is 16.6. The Balaban J connectivity index is 1.86. The molecule has 0 spiro atoms. The van der Waals surface area contributed by atoms with E-state index in [1.807, 2.05) is 36.2 Å². The SMILES string of the molecule is CCC(=O)N1N=C(C)/C(=C\C=C2\Oc3ccccc3N2C)C1=O. The molecule has 23 heavy (non-hydrogen) atoms. The van der Waals surface area contributed by atoms with Gasteiger partial charge in [0, 0.05) is 13.5 Å². The number of carbonyl (C=O) groups is 2. The molecular formula is C17H17N3O3. The molecule has 0 radical (unpaired) electrons. The fraction of sp³-hybridized carbons (Fsp3) is 0.235. The number of anilines is 1. The van der Waals surface area contributed by atoms with Crippen LogP contribution in [0.15, 0.2) is 53.0 Å². The van der Waals surface area contributed by atoms with Crippen molar-refractivity contribution in [3.63, 3.8) is 0 Å². The van der Waals surface area contributed by atoms with E-state index in [9.17, 15) is 9.59 Å². The lowest BCUT2D eigenvalue weighted by Gasteiger charge is -2.10. The number of hydrogen-bond acceptors (Lipinski definition) is 5. The van der Waals surface area contributed by atoms with Crippen molar-refractivity contribution in [3.8, 4) is 5.75 Å². The Hall–Kier alpha value is -2.89. The number of amides is 2. The maximum absolute atomic E-state index is 12.3. The second-order valence-electron chi connectivity index (χ2n) is 5.26. The van der Waals surface area contributed by atoms with Crippen LogP contribution < -0.4 is 9.64 Å². The summed E-state index contributed by atoms with van der Waals surface area (Å²) in [5.41, 5.74) is 1.88. The third-order valence-corrected chi connectivity index (χ3v) is 3.77. The third-order valence-electron chi connectivity index (χ3n) is 3.77. The van der Waals surface area contributed by atoms with Crippen molar-refractivity contribution in [2.24, 2.45) is 5.10 Å². The van der Waals surface area contributed by atoms with Gasteiger partial charge in [-0.3, -0.25) is 9.59 Å². The molecule has 2 amide bonds. The lowest BCUT2D eigenvalue weighted by atomic mass is 10.1. The van der Waals surface area contributed by atoms with Crippen LogP contribution in [0.3, 0.4) is 0 Å². The molecule has 1 aromatic carbocycles. The summed E-state index contributed by atoms with van der Waals surface area (Å²) < 4.78 is 5.76. The predicted molar refractivity (Wildman–Crippen MR) is 86.9 cm³/mol. The average molecular weight is 311 g/mol. The molecule has 118 valence electrons. The van der Waals surface area contributed by atoms with Crippen LogP contribution in [0.5, 0.6) is 5.75 Å². The Morgan fingerprint density at radius 1 is 1.30 bits per heavy atom. The van der Waals surface area contributed by atoms with Crippen LogP contribution in [0.2, 0.25) is 0 Å². The highest BCUT2D eigenvalue weighted by Gasteiger charge is 2.31. The first kappa shape index (κ1) is 15.0. The Kier molecular flexibility index (Phi) is 3.73. The molecular weight excluding hydrogens is 294 g/mol. The summed E-state index contributed by atoms with van der Waals surface area (Å²) in [5, 5.41) is 4.95. The Morgan fingerprint density at radius 3 is 2.74 bits per heavy atom. The zero-order valence-corrected chi connectivity index (χ0v) is 13.2. The van der Waals surface area contributed by atoms with Crippen LogP contribution in [0.25, 0.3) is 0 Å². The minimum absolute atomic E-state index is 0.234. The fourth-order valence-electron chi connectivity index (χ4n) is 2.45. The summed E-state index contributed by atoms with van der Waals surface area (Å²) in [5.74, 6) is 0.668. The van der Waals surface area contributed by atoms with Crippen LogP contribution in [0.1, 0.15) is 20.3 Å². The molecule has 2 aliphatic heterocycles. The van der Waals surface area contributed by atoms with Crippen LogP contribution in [0.4, 0.5) is 5.69 Å². The number of hydrogen-bond donors (Lipinski definition) is 0. The largest absolute Gasteiger partial charge is 0.439 e. The van der Waals surface area contributed by atoms with Crippen LogP contribution in [-0.2, 0) is 9.59 Å². The van der Waals surface area contributed by atoms with Gasteiger partial charge in [-0.05, 0) is 31.2 Å². The number of rotatable bonds is 2. The average Bonchev–Trinajstić information content (AvgIpc) is 3.02. The van der Waals surface area contributed by atoms with E-state index in [0.29, 0.717) is 17.2 Å². The van der Waals surface area contributed by atoms with Crippen LogP contribution in [-0.4, -0.2) is 29.6 Å².